The summed E-state index contributed by atoms with van der Waals surface area (Å²) in [5.41, 5.74) is 4.74. The van der Waals surface area contributed by atoms with Gasteiger partial charge in [-0.05, 0) is 55.7 Å². The van der Waals surface area contributed by atoms with Crippen molar-refractivity contribution >= 4 is 33.3 Å². The Kier molecular flexibility index (Phi) is 5.61. The normalized spacial score (nSPS) is 23.7. The number of nitrogens with one attached hydrogen (secondary N) is 1. The van der Waals surface area contributed by atoms with Crippen molar-refractivity contribution in [1.82, 2.24) is 0 Å². The van der Waals surface area contributed by atoms with Gasteiger partial charge in [0.15, 0.2) is 6.04 Å². The highest BCUT2D eigenvalue weighted by Crippen LogP contribution is 2.52. The molecule has 0 radical (unpaired) electrons. The van der Waals surface area contributed by atoms with Crippen molar-refractivity contribution < 1.29 is 9.53 Å². The third kappa shape index (κ3) is 4.22. The number of hydrogen-bond acceptors (Lipinski definition) is 4. The molecule has 3 aromatic rings. The molecule has 168 valence electrons. The standard InChI is InChI=1S/C28H27BrN2O2/c1-28(2,3)33-27(32)26-22-20-11-7-8-12-21(20)30-24(18-13-15-19(29)16-14-18)23(22)25(31-26)17-9-5-4-6-10-17/h4-16,22-24,26,30H,1-3H3. The number of ether oxygens (including phenoxy) is 1. The smallest absolute Gasteiger partial charge is 0.332 e. The zero-order valence-electron chi connectivity index (χ0n) is 19.0. The average molecular weight is 503 g/mol. The first-order valence-electron chi connectivity index (χ1n) is 11.3. The van der Waals surface area contributed by atoms with Crippen molar-refractivity contribution in [3.63, 3.8) is 0 Å². The summed E-state index contributed by atoms with van der Waals surface area (Å²) in [5.74, 6) is -0.392. The van der Waals surface area contributed by atoms with Crippen molar-refractivity contribution in [2.75, 3.05) is 5.32 Å². The minimum Gasteiger partial charge on any atom is -0.458 e. The molecule has 3 aromatic carbocycles. The summed E-state index contributed by atoms with van der Waals surface area (Å²) < 4.78 is 6.89. The van der Waals surface area contributed by atoms with Crippen LogP contribution in [0.1, 0.15) is 49.4 Å². The molecule has 0 aliphatic carbocycles. The monoisotopic (exact) mass is 502 g/mol. The second-order valence-corrected chi connectivity index (χ2v) is 10.6. The van der Waals surface area contributed by atoms with Gasteiger partial charge in [-0.25, -0.2) is 4.79 Å². The van der Waals surface area contributed by atoms with Crippen LogP contribution in [0.5, 0.6) is 0 Å². The maximum Gasteiger partial charge on any atom is 0.332 e. The molecule has 1 N–H and O–H groups in total. The van der Waals surface area contributed by atoms with Gasteiger partial charge in [0.2, 0.25) is 0 Å². The summed E-state index contributed by atoms with van der Waals surface area (Å²) in [6, 6.07) is 26.2. The number of nitrogens with zero attached hydrogens (tertiary/aromatic N) is 1. The van der Waals surface area contributed by atoms with Crippen molar-refractivity contribution in [3.05, 3.63) is 100 Å². The topological polar surface area (TPSA) is 50.7 Å². The van der Waals surface area contributed by atoms with Crippen LogP contribution in [-0.2, 0) is 9.53 Å². The largest absolute Gasteiger partial charge is 0.458 e. The number of fused-ring (bicyclic) bond motifs is 3. The van der Waals surface area contributed by atoms with Gasteiger partial charge >= 0.3 is 5.97 Å². The Morgan fingerprint density at radius 2 is 1.58 bits per heavy atom. The van der Waals surface area contributed by atoms with Crippen LogP contribution < -0.4 is 5.32 Å². The lowest BCUT2D eigenvalue weighted by atomic mass is 9.71. The van der Waals surface area contributed by atoms with Crippen LogP contribution in [0.25, 0.3) is 0 Å². The first-order valence-corrected chi connectivity index (χ1v) is 12.1. The SMILES string of the molecule is CC(C)(C)OC(=O)C1N=C(c2ccccc2)C2C(c3ccc(Br)cc3)Nc3ccccc3C12. The number of aliphatic imine (C=N–C) groups is 1. The zero-order valence-corrected chi connectivity index (χ0v) is 20.5. The highest BCUT2D eigenvalue weighted by molar-refractivity contribution is 9.10. The van der Waals surface area contributed by atoms with E-state index in [1.165, 1.54) is 0 Å². The minimum atomic E-state index is -0.592. The van der Waals surface area contributed by atoms with Gasteiger partial charge in [-0.1, -0.05) is 76.6 Å². The quantitative estimate of drug-likeness (QED) is 0.414. The number of rotatable bonds is 3. The number of carbonyl (C=O) groups is 1. The second-order valence-electron chi connectivity index (χ2n) is 9.67. The molecule has 0 bridgehead atoms. The molecule has 33 heavy (non-hydrogen) atoms. The summed E-state index contributed by atoms with van der Waals surface area (Å²) in [5, 5.41) is 3.76. The summed E-state index contributed by atoms with van der Waals surface area (Å²) in [7, 11) is 0. The van der Waals surface area contributed by atoms with E-state index in [9.17, 15) is 4.79 Å². The average Bonchev–Trinajstić information content (AvgIpc) is 3.20. The molecule has 0 fully saturated rings. The van der Waals surface area contributed by atoms with Gasteiger partial charge in [-0.15, -0.1) is 0 Å². The molecule has 0 saturated carbocycles. The van der Waals surface area contributed by atoms with Crippen LogP contribution in [0, 0.1) is 5.92 Å². The highest BCUT2D eigenvalue weighted by atomic mass is 79.9. The van der Waals surface area contributed by atoms with Gasteiger partial charge in [0.25, 0.3) is 0 Å². The van der Waals surface area contributed by atoms with Crippen LogP contribution in [0.4, 0.5) is 5.69 Å². The second kappa shape index (κ2) is 8.45. The molecule has 0 amide bonds. The molecule has 0 saturated heterocycles. The molecule has 2 heterocycles. The molecular formula is C28H27BrN2O2. The van der Waals surface area contributed by atoms with Crippen LogP contribution in [0.15, 0.2) is 88.3 Å². The van der Waals surface area contributed by atoms with Crippen molar-refractivity contribution in [1.29, 1.82) is 0 Å². The van der Waals surface area contributed by atoms with Crippen LogP contribution in [-0.4, -0.2) is 23.3 Å². The predicted molar refractivity (Wildman–Crippen MR) is 136 cm³/mol. The van der Waals surface area contributed by atoms with Gasteiger partial charge < -0.3 is 10.1 Å². The van der Waals surface area contributed by atoms with E-state index in [0.29, 0.717) is 0 Å². The molecule has 0 spiro atoms. The number of carbonyl (C=O) groups excluding carboxylic acids is 1. The lowest BCUT2D eigenvalue weighted by Gasteiger charge is -2.39. The van der Waals surface area contributed by atoms with Gasteiger partial charge in [0.05, 0.1) is 6.04 Å². The van der Waals surface area contributed by atoms with Crippen LogP contribution in [0.3, 0.4) is 0 Å². The van der Waals surface area contributed by atoms with E-state index in [0.717, 1.165) is 32.6 Å². The third-order valence-electron chi connectivity index (χ3n) is 6.26. The van der Waals surface area contributed by atoms with Crippen LogP contribution in [0.2, 0.25) is 0 Å². The Morgan fingerprint density at radius 1 is 0.909 bits per heavy atom. The Hall–Kier alpha value is -2.92. The maximum absolute atomic E-state index is 13.4. The molecule has 0 aromatic heterocycles. The fourth-order valence-corrected chi connectivity index (χ4v) is 5.25. The first-order chi connectivity index (χ1) is 15.8. The molecule has 2 aliphatic rings. The predicted octanol–water partition coefficient (Wildman–Crippen LogP) is 6.53. The van der Waals surface area contributed by atoms with E-state index in [1.54, 1.807) is 0 Å². The molecule has 4 nitrogen and oxygen atoms in total. The van der Waals surface area contributed by atoms with E-state index in [1.807, 2.05) is 51.1 Å². The van der Waals surface area contributed by atoms with E-state index < -0.39 is 11.6 Å². The Morgan fingerprint density at radius 3 is 2.27 bits per heavy atom. The summed E-state index contributed by atoms with van der Waals surface area (Å²) >= 11 is 3.55. The Bertz CT molecular complexity index is 1200. The van der Waals surface area contributed by atoms with Crippen molar-refractivity contribution in [2.45, 2.75) is 44.4 Å². The Balaban J connectivity index is 1.68. The third-order valence-corrected chi connectivity index (χ3v) is 6.79. The summed E-state index contributed by atoms with van der Waals surface area (Å²) in [4.78, 5) is 18.5. The number of para-hydroxylation sites is 1. The minimum absolute atomic E-state index is 0.0130. The summed E-state index contributed by atoms with van der Waals surface area (Å²) in [6.07, 6.45) is 0. The molecule has 5 rings (SSSR count). The number of esters is 1. The summed E-state index contributed by atoms with van der Waals surface area (Å²) in [6.45, 7) is 5.71. The first kappa shape index (κ1) is 21.9. The molecular weight excluding hydrogens is 476 g/mol. The number of halogens is 1. The maximum atomic E-state index is 13.4. The van der Waals surface area contributed by atoms with Crippen LogP contribution >= 0.6 is 15.9 Å². The molecule has 4 atom stereocenters. The fraction of sp³-hybridized carbons (Fsp3) is 0.286. The Labute approximate surface area is 203 Å². The number of hydrogen-bond donors (Lipinski definition) is 1. The highest BCUT2D eigenvalue weighted by Gasteiger charge is 2.51. The lowest BCUT2D eigenvalue weighted by Crippen LogP contribution is -2.40. The molecule has 2 aliphatic heterocycles. The molecule has 5 heteroatoms. The van der Waals surface area contributed by atoms with E-state index in [2.05, 4.69) is 69.8 Å². The van der Waals surface area contributed by atoms with Crippen molar-refractivity contribution in [3.8, 4) is 0 Å². The van der Waals surface area contributed by atoms with Gasteiger partial charge in [0.1, 0.15) is 5.60 Å². The van der Waals surface area contributed by atoms with Gasteiger partial charge in [0, 0.05) is 27.7 Å². The number of benzene rings is 3. The zero-order chi connectivity index (χ0) is 23.2. The van der Waals surface area contributed by atoms with E-state index in [-0.39, 0.29) is 23.8 Å². The van der Waals surface area contributed by atoms with E-state index >= 15 is 0 Å². The number of anilines is 1. The van der Waals surface area contributed by atoms with Crippen molar-refractivity contribution in [2.24, 2.45) is 10.9 Å². The van der Waals surface area contributed by atoms with Gasteiger partial charge in [-0.2, -0.15) is 0 Å². The fourth-order valence-electron chi connectivity index (χ4n) is 4.99. The van der Waals surface area contributed by atoms with Gasteiger partial charge in [-0.3, -0.25) is 4.99 Å². The van der Waals surface area contributed by atoms with E-state index in [4.69, 9.17) is 9.73 Å². The lowest BCUT2D eigenvalue weighted by molar-refractivity contribution is -0.156. The molecule has 4 unspecified atom stereocenters.